The number of thiophene rings is 1. The second-order valence-electron chi connectivity index (χ2n) is 9.60. The average molecular weight is 459 g/mol. The van der Waals surface area contributed by atoms with E-state index in [0.717, 1.165) is 30.0 Å². The number of aromatic nitrogens is 1. The van der Waals surface area contributed by atoms with Gasteiger partial charge >= 0.3 is 0 Å². The number of aliphatic imine (C=N–C) groups is 1. The molecule has 33 heavy (non-hydrogen) atoms. The van der Waals surface area contributed by atoms with Crippen molar-refractivity contribution in [1.82, 2.24) is 9.47 Å². The zero-order chi connectivity index (χ0) is 22.8. The van der Waals surface area contributed by atoms with Crippen molar-refractivity contribution >= 4 is 33.8 Å². The van der Waals surface area contributed by atoms with Crippen LogP contribution in [-0.2, 0) is 13.0 Å². The maximum absolute atomic E-state index is 6.28. The van der Waals surface area contributed by atoms with Gasteiger partial charge in [0.05, 0.1) is 16.1 Å². The SMILES string of the molecule is CC1C=CC(Cc2cc3ccc(N=C(N)c4cccs4)cc3n2CCC2CCCN2C)=CC1. The fourth-order valence-corrected chi connectivity index (χ4v) is 5.76. The molecule has 1 aliphatic heterocycles. The predicted octanol–water partition coefficient (Wildman–Crippen LogP) is 6.29. The molecular weight excluding hydrogens is 424 g/mol. The number of nitrogens with two attached hydrogens (primary N) is 1. The summed E-state index contributed by atoms with van der Waals surface area (Å²) in [7, 11) is 2.27. The van der Waals surface area contributed by atoms with Gasteiger partial charge in [-0.2, -0.15) is 0 Å². The Morgan fingerprint density at radius 2 is 2.15 bits per heavy atom. The van der Waals surface area contributed by atoms with Gasteiger partial charge < -0.3 is 15.2 Å². The standard InChI is InChI=1S/C28H34N4S/c1-20-7-9-21(10-8-20)17-25-18-22-11-12-23(30-28(29)27-6-4-16-33-27)19-26(22)32(25)15-13-24-5-3-14-31(24)2/h4,6-7,9-12,16,18-20,24H,3,5,8,13-15,17H2,1-2H3,(H2,29,30). The molecule has 1 aromatic carbocycles. The molecule has 0 saturated carbocycles. The monoisotopic (exact) mass is 458 g/mol. The zero-order valence-electron chi connectivity index (χ0n) is 19.7. The highest BCUT2D eigenvalue weighted by Crippen LogP contribution is 2.29. The van der Waals surface area contributed by atoms with E-state index in [1.165, 1.54) is 48.0 Å². The Hall–Kier alpha value is -2.63. The third kappa shape index (κ3) is 4.99. The highest BCUT2D eigenvalue weighted by molar-refractivity contribution is 7.12. The number of fused-ring (bicyclic) bond motifs is 1. The van der Waals surface area contributed by atoms with E-state index in [4.69, 9.17) is 10.7 Å². The molecule has 0 spiro atoms. The Balaban J connectivity index is 1.48. The maximum Gasteiger partial charge on any atom is 0.141 e. The molecule has 3 heterocycles. The van der Waals surface area contributed by atoms with Crippen molar-refractivity contribution in [2.45, 2.75) is 51.6 Å². The molecule has 2 aromatic heterocycles. The summed E-state index contributed by atoms with van der Waals surface area (Å²) in [5.74, 6) is 1.23. The molecule has 0 bridgehead atoms. The molecule has 1 saturated heterocycles. The van der Waals surface area contributed by atoms with Crippen LogP contribution in [0.5, 0.6) is 0 Å². The number of benzene rings is 1. The van der Waals surface area contributed by atoms with Gasteiger partial charge in [-0.25, -0.2) is 4.99 Å². The predicted molar refractivity (Wildman–Crippen MR) is 142 cm³/mol. The first-order chi connectivity index (χ1) is 16.1. The van der Waals surface area contributed by atoms with Gasteiger partial charge in [-0.3, -0.25) is 0 Å². The first-order valence-electron chi connectivity index (χ1n) is 12.1. The summed E-state index contributed by atoms with van der Waals surface area (Å²) < 4.78 is 2.54. The first kappa shape index (κ1) is 22.2. The van der Waals surface area contributed by atoms with E-state index in [1.54, 1.807) is 11.3 Å². The molecule has 4 nitrogen and oxygen atoms in total. The van der Waals surface area contributed by atoms with Crippen molar-refractivity contribution in [3.8, 4) is 0 Å². The molecule has 5 heteroatoms. The van der Waals surface area contributed by atoms with Crippen LogP contribution in [0.2, 0.25) is 0 Å². The topological polar surface area (TPSA) is 46.5 Å². The van der Waals surface area contributed by atoms with E-state index in [2.05, 4.69) is 65.9 Å². The Kier molecular flexibility index (Phi) is 6.52. The van der Waals surface area contributed by atoms with E-state index in [9.17, 15) is 0 Å². The van der Waals surface area contributed by atoms with Crippen molar-refractivity contribution in [2.75, 3.05) is 13.6 Å². The van der Waals surface area contributed by atoms with Gasteiger partial charge in [0, 0.05) is 30.1 Å². The van der Waals surface area contributed by atoms with E-state index in [1.807, 2.05) is 17.5 Å². The summed E-state index contributed by atoms with van der Waals surface area (Å²) >= 11 is 1.62. The van der Waals surface area contributed by atoms with Crippen molar-refractivity contribution in [1.29, 1.82) is 0 Å². The number of hydrogen-bond donors (Lipinski definition) is 1. The lowest BCUT2D eigenvalue weighted by Crippen LogP contribution is -2.26. The third-order valence-electron chi connectivity index (χ3n) is 7.13. The Morgan fingerprint density at radius 3 is 2.88 bits per heavy atom. The van der Waals surface area contributed by atoms with Crippen molar-refractivity contribution in [3.05, 3.63) is 76.2 Å². The summed E-state index contributed by atoms with van der Waals surface area (Å²) in [6, 6.07) is 13.6. The van der Waals surface area contributed by atoms with Crippen LogP contribution < -0.4 is 5.73 Å². The number of aryl methyl sites for hydroxylation is 1. The van der Waals surface area contributed by atoms with Crippen LogP contribution >= 0.6 is 11.3 Å². The normalized spacial score (nSPS) is 21.8. The van der Waals surface area contributed by atoms with E-state index >= 15 is 0 Å². The maximum atomic E-state index is 6.28. The highest BCUT2D eigenvalue weighted by Gasteiger charge is 2.21. The molecule has 2 N–H and O–H groups in total. The molecular formula is C28H34N4S. The van der Waals surface area contributed by atoms with E-state index < -0.39 is 0 Å². The third-order valence-corrected chi connectivity index (χ3v) is 8.02. The fraction of sp³-hybridized carbons (Fsp3) is 0.393. The fourth-order valence-electron chi connectivity index (χ4n) is 5.13. The Labute approximate surface area is 201 Å². The summed E-state index contributed by atoms with van der Waals surface area (Å²) in [4.78, 5) is 8.28. The summed E-state index contributed by atoms with van der Waals surface area (Å²) in [5, 5.41) is 3.32. The van der Waals surface area contributed by atoms with Crippen molar-refractivity contribution < 1.29 is 0 Å². The van der Waals surface area contributed by atoms with Crippen LogP contribution in [0.3, 0.4) is 0 Å². The first-order valence-corrected chi connectivity index (χ1v) is 13.0. The lowest BCUT2D eigenvalue weighted by Gasteiger charge is -2.21. The van der Waals surface area contributed by atoms with Gasteiger partial charge in [0.2, 0.25) is 0 Å². The number of nitrogens with zero attached hydrogens (tertiary/aromatic N) is 3. The minimum absolute atomic E-state index is 0.585. The van der Waals surface area contributed by atoms with Gasteiger partial charge in [-0.15, -0.1) is 11.3 Å². The minimum Gasteiger partial charge on any atom is -0.383 e. The molecule has 172 valence electrons. The Morgan fingerprint density at radius 1 is 1.24 bits per heavy atom. The number of rotatable bonds is 7. The zero-order valence-corrected chi connectivity index (χ0v) is 20.5. The lowest BCUT2D eigenvalue weighted by molar-refractivity contribution is 0.286. The molecule has 3 aromatic rings. The number of hydrogen-bond acceptors (Lipinski definition) is 3. The van der Waals surface area contributed by atoms with Gasteiger partial charge in [0.25, 0.3) is 0 Å². The summed E-state index contributed by atoms with van der Waals surface area (Å²) in [6.45, 7) is 4.54. The van der Waals surface area contributed by atoms with Gasteiger partial charge in [-0.1, -0.05) is 37.3 Å². The largest absolute Gasteiger partial charge is 0.383 e. The van der Waals surface area contributed by atoms with Gasteiger partial charge in [-0.05, 0) is 80.4 Å². The van der Waals surface area contributed by atoms with Crippen molar-refractivity contribution in [3.63, 3.8) is 0 Å². The second-order valence-corrected chi connectivity index (χ2v) is 10.5. The molecule has 0 radical (unpaired) electrons. The quantitative estimate of drug-likeness (QED) is 0.334. The average Bonchev–Trinajstić information content (AvgIpc) is 3.55. The van der Waals surface area contributed by atoms with Crippen LogP contribution in [-0.4, -0.2) is 34.9 Å². The molecule has 2 unspecified atom stereocenters. The molecule has 1 aliphatic carbocycles. The van der Waals surface area contributed by atoms with Crippen LogP contribution in [0, 0.1) is 5.92 Å². The lowest BCUT2D eigenvalue weighted by atomic mass is 9.96. The molecule has 2 aliphatic rings. The number of amidine groups is 1. The highest BCUT2D eigenvalue weighted by atomic mass is 32.1. The minimum atomic E-state index is 0.585. The molecule has 1 fully saturated rings. The van der Waals surface area contributed by atoms with Crippen molar-refractivity contribution in [2.24, 2.45) is 16.6 Å². The van der Waals surface area contributed by atoms with E-state index in [0.29, 0.717) is 17.8 Å². The number of allylic oxidation sites excluding steroid dienone is 4. The van der Waals surface area contributed by atoms with Crippen LogP contribution in [0.1, 0.15) is 43.2 Å². The second kappa shape index (κ2) is 9.70. The summed E-state index contributed by atoms with van der Waals surface area (Å²) in [5.41, 5.74) is 11.3. The molecule has 0 amide bonds. The number of likely N-dealkylation sites (tertiary alicyclic amines) is 1. The van der Waals surface area contributed by atoms with Crippen LogP contribution in [0.15, 0.2) is 70.6 Å². The van der Waals surface area contributed by atoms with Crippen LogP contribution in [0.25, 0.3) is 10.9 Å². The van der Waals surface area contributed by atoms with Gasteiger partial charge in [0.15, 0.2) is 0 Å². The summed E-state index contributed by atoms with van der Waals surface area (Å²) in [6.07, 6.45) is 13.0. The molecule has 2 atom stereocenters. The van der Waals surface area contributed by atoms with E-state index in [-0.39, 0.29) is 0 Å². The molecule has 5 rings (SSSR count). The Bertz CT molecular complexity index is 1200. The van der Waals surface area contributed by atoms with Gasteiger partial charge in [0.1, 0.15) is 5.84 Å². The smallest absolute Gasteiger partial charge is 0.141 e. The van der Waals surface area contributed by atoms with Crippen LogP contribution in [0.4, 0.5) is 5.69 Å².